The van der Waals surface area contributed by atoms with E-state index in [1.807, 2.05) is 38.4 Å². The van der Waals surface area contributed by atoms with E-state index in [0.29, 0.717) is 6.61 Å². The summed E-state index contributed by atoms with van der Waals surface area (Å²) in [4.78, 5) is 4.25. The molecule has 28 heavy (non-hydrogen) atoms. The summed E-state index contributed by atoms with van der Waals surface area (Å²) in [7, 11) is 8.22. The second-order valence-corrected chi connectivity index (χ2v) is 7.17. The van der Waals surface area contributed by atoms with Crippen molar-refractivity contribution < 1.29 is 9.15 Å². The van der Waals surface area contributed by atoms with Gasteiger partial charge in [-0.2, -0.15) is 0 Å². The zero-order valence-corrected chi connectivity index (χ0v) is 17.8. The number of rotatable bonds is 8. The molecule has 0 aliphatic rings. The van der Waals surface area contributed by atoms with Crippen molar-refractivity contribution in [1.29, 1.82) is 0 Å². The summed E-state index contributed by atoms with van der Waals surface area (Å²) in [6.45, 7) is 1.73. The van der Waals surface area contributed by atoms with E-state index in [-0.39, 0.29) is 12.4 Å². The minimum Gasteiger partial charge on any atom is -0.493 e. The molecular weight excluding hydrogens is 372 g/mol. The Labute approximate surface area is 173 Å². The zero-order chi connectivity index (χ0) is 19.2. The molecular formula is C23H29ClN2O2. The maximum atomic E-state index is 5.95. The summed E-state index contributed by atoms with van der Waals surface area (Å²) >= 11 is 0. The molecule has 0 spiro atoms. The number of ether oxygens (including phenoxy) is 1. The van der Waals surface area contributed by atoms with Gasteiger partial charge < -0.3 is 19.0 Å². The summed E-state index contributed by atoms with van der Waals surface area (Å²) in [5, 5.41) is 1.08. The van der Waals surface area contributed by atoms with Gasteiger partial charge in [0.1, 0.15) is 17.1 Å². The molecule has 4 nitrogen and oxygen atoms in total. The van der Waals surface area contributed by atoms with Gasteiger partial charge in [0.25, 0.3) is 0 Å². The van der Waals surface area contributed by atoms with Crippen LogP contribution in [0.15, 0.2) is 52.9 Å². The molecule has 0 saturated heterocycles. The number of halogens is 1. The molecule has 0 amide bonds. The van der Waals surface area contributed by atoms with Gasteiger partial charge in [-0.1, -0.05) is 18.2 Å². The molecule has 3 rings (SSSR count). The van der Waals surface area contributed by atoms with Crippen LogP contribution >= 0.6 is 12.4 Å². The molecule has 0 aliphatic carbocycles. The quantitative estimate of drug-likeness (QED) is 0.472. The van der Waals surface area contributed by atoms with Gasteiger partial charge in [-0.15, -0.1) is 12.4 Å². The highest BCUT2D eigenvalue weighted by atomic mass is 35.5. The number of hydrogen-bond acceptors (Lipinski definition) is 4. The van der Waals surface area contributed by atoms with Crippen molar-refractivity contribution in [3.63, 3.8) is 0 Å². The summed E-state index contributed by atoms with van der Waals surface area (Å²) in [6, 6.07) is 16.5. The predicted molar refractivity (Wildman–Crippen MR) is 122 cm³/mol. The highest BCUT2D eigenvalue weighted by molar-refractivity contribution is 5.85. The Bertz CT molecular complexity index is 899. The Morgan fingerprint density at radius 1 is 0.929 bits per heavy atom. The first-order valence-electron chi connectivity index (χ1n) is 9.28. The lowest BCUT2D eigenvalue weighted by Gasteiger charge is -2.11. The third-order valence-corrected chi connectivity index (χ3v) is 4.38. The normalized spacial score (nSPS) is 11.2. The van der Waals surface area contributed by atoms with Crippen molar-refractivity contribution in [2.75, 3.05) is 46.2 Å². The molecule has 0 unspecified atom stereocenters. The fourth-order valence-electron chi connectivity index (χ4n) is 2.84. The van der Waals surface area contributed by atoms with Gasteiger partial charge in [-0.05, 0) is 62.5 Å². The van der Waals surface area contributed by atoms with E-state index < -0.39 is 0 Å². The van der Waals surface area contributed by atoms with Gasteiger partial charge in [0, 0.05) is 37.8 Å². The largest absolute Gasteiger partial charge is 0.493 e. The van der Waals surface area contributed by atoms with Crippen molar-refractivity contribution >= 4 is 41.2 Å². The molecule has 0 N–H and O–H groups in total. The minimum absolute atomic E-state index is 0. The highest BCUT2D eigenvalue weighted by Gasteiger charge is 2.04. The first-order valence-corrected chi connectivity index (χ1v) is 9.28. The van der Waals surface area contributed by atoms with Crippen molar-refractivity contribution in [2.45, 2.75) is 6.42 Å². The van der Waals surface area contributed by atoms with Gasteiger partial charge in [0.15, 0.2) is 0 Å². The average Bonchev–Trinajstić information content (AvgIpc) is 3.06. The van der Waals surface area contributed by atoms with E-state index in [1.54, 1.807) is 0 Å². The first-order chi connectivity index (χ1) is 13.0. The summed E-state index contributed by atoms with van der Waals surface area (Å²) in [5.74, 6) is 1.69. The topological polar surface area (TPSA) is 28.9 Å². The summed E-state index contributed by atoms with van der Waals surface area (Å²) in [6.07, 6.45) is 5.07. The monoisotopic (exact) mass is 400 g/mol. The Hall–Kier alpha value is -2.43. The summed E-state index contributed by atoms with van der Waals surface area (Å²) < 4.78 is 11.8. The van der Waals surface area contributed by atoms with Crippen LogP contribution in [-0.2, 0) is 0 Å². The Morgan fingerprint density at radius 3 is 2.36 bits per heavy atom. The second-order valence-electron chi connectivity index (χ2n) is 7.17. The third-order valence-electron chi connectivity index (χ3n) is 4.38. The van der Waals surface area contributed by atoms with Crippen molar-refractivity contribution in [2.24, 2.45) is 0 Å². The van der Waals surface area contributed by atoms with Crippen LogP contribution in [0.5, 0.6) is 5.75 Å². The van der Waals surface area contributed by atoms with Crippen LogP contribution in [0.4, 0.5) is 5.69 Å². The molecule has 1 aromatic heterocycles. The standard InChI is InChI=1S/C23H28N2O2.ClH/c1-24(2)14-5-15-26-21-13-9-19-16-22(27-23(19)17-21)12-8-18-6-10-20(11-7-18)25(3)4;/h6-13,16-17H,5,14-15H2,1-4H3;1H. The predicted octanol–water partition coefficient (Wildman–Crippen LogP) is 5.42. The molecule has 0 fully saturated rings. The van der Waals surface area contributed by atoms with Crippen molar-refractivity contribution in [3.05, 3.63) is 59.9 Å². The van der Waals surface area contributed by atoms with Gasteiger partial charge in [-0.3, -0.25) is 0 Å². The van der Waals surface area contributed by atoms with Gasteiger partial charge in [0.05, 0.1) is 6.61 Å². The van der Waals surface area contributed by atoms with Crippen LogP contribution in [0, 0.1) is 0 Å². The van der Waals surface area contributed by atoms with Gasteiger partial charge >= 0.3 is 0 Å². The molecule has 0 saturated carbocycles. The molecule has 0 aliphatic heterocycles. The Balaban J connectivity index is 0.00000280. The zero-order valence-electron chi connectivity index (χ0n) is 17.0. The fraction of sp³-hybridized carbons (Fsp3) is 0.304. The molecule has 150 valence electrons. The maximum Gasteiger partial charge on any atom is 0.138 e. The number of anilines is 1. The van der Waals surface area contributed by atoms with Gasteiger partial charge in [0.2, 0.25) is 0 Å². The Morgan fingerprint density at radius 2 is 1.68 bits per heavy atom. The highest BCUT2D eigenvalue weighted by Crippen LogP contribution is 2.25. The lowest BCUT2D eigenvalue weighted by atomic mass is 10.1. The van der Waals surface area contributed by atoms with E-state index in [0.717, 1.165) is 41.0 Å². The molecule has 0 atom stereocenters. The van der Waals surface area contributed by atoms with Crippen LogP contribution in [0.1, 0.15) is 17.7 Å². The first kappa shape index (κ1) is 21.9. The fourth-order valence-corrected chi connectivity index (χ4v) is 2.84. The maximum absolute atomic E-state index is 5.95. The van der Waals surface area contributed by atoms with Gasteiger partial charge in [-0.25, -0.2) is 0 Å². The molecule has 1 heterocycles. The van der Waals surface area contributed by atoms with Crippen LogP contribution in [0.25, 0.3) is 23.1 Å². The summed E-state index contributed by atoms with van der Waals surface area (Å²) in [5.41, 5.74) is 3.18. The lowest BCUT2D eigenvalue weighted by molar-refractivity contribution is 0.281. The molecule has 5 heteroatoms. The van der Waals surface area contributed by atoms with Crippen LogP contribution in [-0.4, -0.2) is 46.2 Å². The van der Waals surface area contributed by atoms with E-state index in [2.05, 4.69) is 60.3 Å². The number of benzene rings is 2. The van der Waals surface area contributed by atoms with Crippen LogP contribution in [0.3, 0.4) is 0 Å². The van der Waals surface area contributed by atoms with E-state index in [4.69, 9.17) is 9.15 Å². The lowest BCUT2D eigenvalue weighted by Crippen LogP contribution is -2.15. The number of fused-ring (bicyclic) bond motifs is 1. The van der Waals surface area contributed by atoms with E-state index in [1.165, 1.54) is 5.69 Å². The Kier molecular flexibility index (Phi) is 7.97. The number of hydrogen-bond donors (Lipinski definition) is 0. The molecule has 3 aromatic rings. The second kappa shape index (κ2) is 10.2. The number of furan rings is 1. The number of nitrogens with zero attached hydrogens (tertiary/aromatic N) is 2. The van der Waals surface area contributed by atoms with Crippen molar-refractivity contribution in [3.8, 4) is 5.75 Å². The molecule has 0 bridgehead atoms. The smallest absolute Gasteiger partial charge is 0.138 e. The van der Waals surface area contributed by atoms with Crippen molar-refractivity contribution in [1.82, 2.24) is 4.90 Å². The minimum atomic E-state index is 0. The van der Waals surface area contributed by atoms with E-state index >= 15 is 0 Å². The average molecular weight is 401 g/mol. The van der Waals surface area contributed by atoms with Crippen LogP contribution < -0.4 is 9.64 Å². The van der Waals surface area contributed by atoms with E-state index in [9.17, 15) is 0 Å². The molecule has 2 aromatic carbocycles. The molecule has 0 radical (unpaired) electrons. The SMILES string of the molecule is CN(C)CCCOc1ccc2cc(C=Cc3ccc(N(C)C)cc3)oc2c1.Cl. The third kappa shape index (κ3) is 6.04. The van der Waals surface area contributed by atoms with Crippen LogP contribution in [0.2, 0.25) is 0 Å².